The van der Waals surface area contributed by atoms with Crippen molar-refractivity contribution in [3.63, 3.8) is 0 Å². The van der Waals surface area contributed by atoms with Crippen molar-refractivity contribution in [2.45, 2.75) is 40.7 Å². The highest BCUT2D eigenvalue weighted by Crippen LogP contribution is 2.31. The highest BCUT2D eigenvalue weighted by atomic mass is 16.5. The summed E-state index contributed by atoms with van der Waals surface area (Å²) < 4.78 is 11.5. The summed E-state index contributed by atoms with van der Waals surface area (Å²) in [5.41, 5.74) is 5.83. The maximum Gasteiger partial charge on any atom is 0.336 e. The van der Waals surface area contributed by atoms with Crippen molar-refractivity contribution in [1.29, 1.82) is 0 Å². The molecule has 0 unspecified atom stereocenters. The minimum Gasteiger partial charge on any atom is -0.488 e. The van der Waals surface area contributed by atoms with Crippen LogP contribution in [0.25, 0.3) is 11.0 Å². The molecule has 0 amide bonds. The average molecular weight is 322 g/mol. The van der Waals surface area contributed by atoms with Gasteiger partial charge in [-0.2, -0.15) is 0 Å². The fourth-order valence-electron chi connectivity index (χ4n) is 2.97. The summed E-state index contributed by atoms with van der Waals surface area (Å²) in [5, 5.41) is 0.896. The van der Waals surface area contributed by atoms with Crippen molar-refractivity contribution >= 4 is 11.0 Å². The van der Waals surface area contributed by atoms with E-state index in [4.69, 9.17) is 9.15 Å². The Bertz CT molecular complexity index is 951. The Balaban J connectivity index is 2.05. The summed E-state index contributed by atoms with van der Waals surface area (Å²) in [6.07, 6.45) is 0.755. The first-order valence-electron chi connectivity index (χ1n) is 8.24. The molecule has 3 rings (SSSR count). The Morgan fingerprint density at radius 3 is 2.50 bits per heavy atom. The lowest BCUT2D eigenvalue weighted by molar-refractivity contribution is 0.308. The van der Waals surface area contributed by atoms with Gasteiger partial charge in [0.15, 0.2) is 0 Å². The molecule has 3 heteroatoms. The van der Waals surface area contributed by atoms with Gasteiger partial charge in [-0.15, -0.1) is 0 Å². The van der Waals surface area contributed by atoms with Crippen LogP contribution in [0.2, 0.25) is 0 Å². The Hall–Kier alpha value is -2.55. The van der Waals surface area contributed by atoms with Gasteiger partial charge in [0.25, 0.3) is 0 Å². The topological polar surface area (TPSA) is 39.4 Å². The van der Waals surface area contributed by atoms with Crippen LogP contribution in [0.1, 0.15) is 34.7 Å². The number of fused-ring (bicyclic) bond motifs is 1. The van der Waals surface area contributed by atoms with Gasteiger partial charge >= 0.3 is 5.63 Å². The minimum absolute atomic E-state index is 0.314. The first-order chi connectivity index (χ1) is 11.5. The fraction of sp³-hybridized carbons (Fsp3) is 0.286. The first-order valence-corrected chi connectivity index (χ1v) is 8.24. The van der Waals surface area contributed by atoms with E-state index in [1.165, 1.54) is 16.7 Å². The van der Waals surface area contributed by atoms with Crippen molar-refractivity contribution in [1.82, 2.24) is 0 Å². The SMILES string of the molecule is CCc1cc(=O)oc2cc(C)cc(OCc3cc(C)ccc3C)c12. The third-order valence-corrected chi connectivity index (χ3v) is 4.30. The Morgan fingerprint density at radius 1 is 0.958 bits per heavy atom. The summed E-state index contributed by atoms with van der Waals surface area (Å²) in [5.74, 6) is 0.770. The number of ether oxygens (including phenoxy) is 1. The lowest BCUT2D eigenvalue weighted by Gasteiger charge is -2.14. The lowest BCUT2D eigenvalue weighted by Crippen LogP contribution is -2.04. The summed E-state index contributed by atoms with van der Waals surface area (Å²) >= 11 is 0. The van der Waals surface area contributed by atoms with Crippen molar-refractivity contribution in [3.8, 4) is 5.75 Å². The van der Waals surface area contributed by atoms with Crippen molar-refractivity contribution in [2.75, 3.05) is 0 Å². The van der Waals surface area contributed by atoms with E-state index < -0.39 is 0 Å². The van der Waals surface area contributed by atoms with E-state index in [0.29, 0.717) is 12.2 Å². The van der Waals surface area contributed by atoms with Gasteiger partial charge in [0.2, 0.25) is 0 Å². The molecule has 124 valence electrons. The van der Waals surface area contributed by atoms with Gasteiger partial charge < -0.3 is 9.15 Å². The third kappa shape index (κ3) is 3.21. The third-order valence-electron chi connectivity index (χ3n) is 4.30. The maximum absolute atomic E-state index is 11.7. The number of aryl methyl sites for hydroxylation is 4. The number of hydrogen-bond donors (Lipinski definition) is 0. The van der Waals surface area contributed by atoms with E-state index in [9.17, 15) is 4.79 Å². The van der Waals surface area contributed by atoms with E-state index in [-0.39, 0.29) is 5.63 Å². The van der Waals surface area contributed by atoms with Crippen LogP contribution in [0.3, 0.4) is 0 Å². The van der Waals surface area contributed by atoms with Crippen LogP contribution >= 0.6 is 0 Å². The number of rotatable bonds is 4. The molecule has 0 fully saturated rings. The predicted molar refractivity (Wildman–Crippen MR) is 96.8 cm³/mol. The monoisotopic (exact) mass is 322 g/mol. The quantitative estimate of drug-likeness (QED) is 0.644. The van der Waals surface area contributed by atoms with Gasteiger partial charge in [0.05, 0.1) is 5.39 Å². The summed E-state index contributed by atoms with van der Waals surface area (Å²) in [6, 6.07) is 11.8. The van der Waals surface area contributed by atoms with E-state index in [0.717, 1.165) is 28.7 Å². The molecule has 0 saturated carbocycles. The largest absolute Gasteiger partial charge is 0.488 e. The lowest BCUT2D eigenvalue weighted by atomic mass is 10.0. The molecule has 0 aliphatic rings. The molecule has 24 heavy (non-hydrogen) atoms. The van der Waals surface area contributed by atoms with E-state index in [1.54, 1.807) is 6.07 Å². The molecule has 0 saturated heterocycles. The Kier molecular flexibility index (Phi) is 4.43. The molecule has 1 heterocycles. The Labute approximate surface area is 141 Å². The molecule has 3 nitrogen and oxygen atoms in total. The van der Waals surface area contributed by atoms with Crippen LogP contribution in [0.15, 0.2) is 45.6 Å². The van der Waals surface area contributed by atoms with Crippen LogP contribution in [-0.4, -0.2) is 0 Å². The van der Waals surface area contributed by atoms with Crippen molar-refractivity contribution in [2.24, 2.45) is 0 Å². The van der Waals surface area contributed by atoms with Gasteiger partial charge in [-0.25, -0.2) is 4.79 Å². The molecular formula is C21H22O3. The molecule has 0 radical (unpaired) electrons. The highest BCUT2D eigenvalue weighted by Gasteiger charge is 2.12. The highest BCUT2D eigenvalue weighted by molar-refractivity contribution is 5.87. The second kappa shape index (κ2) is 6.52. The van der Waals surface area contributed by atoms with E-state index in [2.05, 4.69) is 32.0 Å². The number of hydrogen-bond acceptors (Lipinski definition) is 3. The zero-order valence-corrected chi connectivity index (χ0v) is 14.6. The van der Waals surface area contributed by atoms with Gasteiger partial charge in [-0.1, -0.05) is 30.7 Å². The second-order valence-electron chi connectivity index (χ2n) is 6.30. The molecule has 0 aliphatic carbocycles. The van der Waals surface area contributed by atoms with Crippen LogP contribution in [-0.2, 0) is 13.0 Å². The van der Waals surface area contributed by atoms with Crippen LogP contribution < -0.4 is 10.4 Å². The van der Waals surface area contributed by atoms with Gasteiger partial charge in [0, 0.05) is 6.07 Å². The summed E-state index contributed by atoms with van der Waals surface area (Å²) in [6.45, 7) is 8.66. The number of benzene rings is 2. The smallest absolute Gasteiger partial charge is 0.336 e. The molecule has 1 aromatic heterocycles. The van der Waals surface area contributed by atoms with Crippen LogP contribution in [0.4, 0.5) is 0 Å². The van der Waals surface area contributed by atoms with Crippen LogP contribution in [0.5, 0.6) is 5.75 Å². The molecule has 3 aromatic rings. The molecule has 0 aliphatic heterocycles. The van der Waals surface area contributed by atoms with Gasteiger partial charge in [-0.3, -0.25) is 0 Å². The van der Waals surface area contributed by atoms with Crippen LogP contribution in [0, 0.1) is 20.8 Å². The van der Waals surface area contributed by atoms with Gasteiger partial charge in [-0.05, 0) is 61.6 Å². The van der Waals surface area contributed by atoms with Crippen molar-refractivity contribution in [3.05, 3.63) is 74.6 Å². The zero-order valence-electron chi connectivity index (χ0n) is 14.6. The summed E-state index contributed by atoms with van der Waals surface area (Å²) in [4.78, 5) is 11.7. The molecule has 0 bridgehead atoms. The molecule has 0 atom stereocenters. The predicted octanol–water partition coefficient (Wildman–Crippen LogP) is 4.86. The maximum atomic E-state index is 11.7. The van der Waals surface area contributed by atoms with E-state index in [1.807, 2.05) is 26.0 Å². The second-order valence-corrected chi connectivity index (χ2v) is 6.30. The molecule has 0 spiro atoms. The standard InChI is InChI=1S/C21H22O3/c1-5-16-11-20(22)24-19-10-14(3)9-18(21(16)19)23-12-17-8-13(2)6-7-15(17)4/h6-11H,5,12H2,1-4H3. The summed E-state index contributed by atoms with van der Waals surface area (Å²) in [7, 11) is 0. The van der Waals surface area contributed by atoms with E-state index >= 15 is 0 Å². The minimum atomic E-state index is -0.314. The van der Waals surface area contributed by atoms with Gasteiger partial charge in [0.1, 0.15) is 17.9 Å². The molecule has 0 N–H and O–H groups in total. The fourth-order valence-corrected chi connectivity index (χ4v) is 2.97. The van der Waals surface area contributed by atoms with Crippen molar-refractivity contribution < 1.29 is 9.15 Å². The first kappa shape index (κ1) is 16.3. The molecule has 2 aromatic carbocycles. The average Bonchev–Trinajstić information content (AvgIpc) is 2.54. The zero-order chi connectivity index (χ0) is 17.3. The Morgan fingerprint density at radius 2 is 1.75 bits per heavy atom. The normalized spacial score (nSPS) is 11.0. The molecular weight excluding hydrogens is 300 g/mol.